The van der Waals surface area contributed by atoms with Gasteiger partial charge < -0.3 is 0 Å². The zero-order chi connectivity index (χ0) is 23.7. The highest BCUT2D eigenvalue weighted by molar-refractivity contribution is 6.18. The van der Waals surface area contributed by atoms with E-state index in [1.165, 1.54) is 154 Å². The SMILES string of the molecule is CCCCCCCCCCCCCCCCCCC(CCCCC)CCCC[C+]1N=CC=N1. The molecular formula is C31H59N2+. The van der Waals surface area contributed by atoms with Crippen LogP contribution in [0.2, 0.25) is 0 Å². The lowest BCUT2D eigenvalue weighted by molar-refractivity contribution is 0.369. The Kier molecular flexibility index (Phi) is 22.3. The first-order valence-corrected chi connectivity index (χ1v) is 15.3. The van der Waals surface area contributed by atoms with Crippen molar-refractivity contribution in [3.63, 3.8) is 0 Å². The van der Waals surface area contributed by atoms with Gasteiger partial charge in [0.05, 0.1) is 6.42 Å². The van der Waals surface area contributed by atoms with Gasteiger partial charge in [-0.1, -0.05) is 172 Å². The number of nitrogens with zero attached hydrogens (tertiary/aromatic N) is 2. The molecule has 0 amide bonds. The number of hydrogen-bond donors (Lipinski definition) is 0. The fourth-order valence-electron chi connectivity index (χ4n) is 5.21. The average molecular weight is 460 g/mol. The molecule has 0 aromatic rings. The highest BCUT2D eigenvalue weighted by Crippen LogP contribution is 2.25. The zero-order valence-electron chi connectivity index (χ0n) is 22.8. The molecule has 1 rings (SSSR count). The van der Waals surface area contributed by atoms with E-state index in [4.69, 9.17) is 0 Å². The van der Waals surface area contributed by atoms with Gasteiger partial charge in [0.25, 0.3) is 0 Å². The van der Waals surface area contributed by atoms with Crippen molar-refractivity contribution in [1.29, 1.82) is 0 Å². The van der Waals surface area contributed by atoms with Gasteiger partial charge in [-0.2, -0.15) is 0 Å². The standard InChI is InChI=1S/C31H59N2/c1-3-5-7-8-9-10-11-12-13-14-15-16-17-18-19-21-25-30(24-20-6-4-2)26-22-23-27-31-32-28-29-33-31/h28-30H,3-27H2,1-2H3/q+1. The first-order chi connectivity index (χ1) is 16.4. The van der Waals surface area contributed by atoms with Crippen LogP contribution in [-0.4, -0.2) is 12.4 Å². The van der Waals surface area contributed by atoms with Gasteiger partial charge in [-0.25, -0.2) is 0 Å². The lowest BCUT2D eigenvalue weighted by Gasteiger charge is -2.16. The number of rotatable bonds is 26. The molecule has 0 N–H and O–H groups in total. The molecule has 2 nitrogen and oxygen atoms in total. The maximum atomic E-state index is 4.31. The van der Waals surface area contributed by atoms with Crippen LogP contribution in [0.4, 0.5) is 0 Å². The van der Waals surface area contributed by atoms with Crippen molar-refractivity contribution in [3.05, 3.63) is 6.17 Å². The summed E-state index contributed by atoms with van der Waals surface area (Å²) in [5.74, 6) is 0.962. The van der Waals surface area contributed by atoms with Crippen molar-refractivity contribution in [3.8, 4) is 0 Å². The van der Waals surface area contributed by atoms with E-state index in [1.54, 1.807) is 0 Å². The highest BCUT2D eigenvalue weighted by atomic mass is 15.0. The van der Waals surface area contributed by atoms with Gasteiger partial charge in [-0.15, -0.1) is 0 Å². The molecule has 0 spiro atoms. The fraction of sp³-hybridized carbons (Fsp3) is 0.903. The molecule has 0 radical (unpaired) electrons. The summed E-state index contributed by atoms with van der Waals surface area (Å²) in [5.41, 5.74) is 0. The largest absolute Gasteiger partial charge is 0.240 e. The molecule has 192 valence electrons. The molecular weight excluding hydrogens is 400 g/mol. The second-order valence-corrected chi connectivity index (χ2v) is 10.7. The quantitative estimate of drug-likeness (QED) is 0.0907. The van der Waals surface area contributed by atoms with Crippen LogP contribution in [0, 0.1) is 12.1 Å². The second kappa shape index (κ2) is 24.3. The van der Waals surface area contributed by atoms with E-state index in [0.717, 1.165) is 18.5 Å². The van der Waals surface area contributed by atoms with Crippen molar-refractivity contribution in [1.82, 2.24) is 0 Å². The molecule has 1 aliphatic rings. The molecule has 1 unspecified atom stereocenters. The van der Waals surface area contributed by atoms with E-state index in [0.29, 0.717) is 0 Å². The Labute approximate surface area is 208 Å². The summed E-state index contributed by atoms with van der Waals surface area (Å²) < 4.78 is 0. The monoisotopic (exact) mass is 459 g/mol. The molecule has 1 atom stereocenters. The Morgan fingerprint density at radius 1 is 0.455 bits per heavy atom. The van der Waals surface area contributed by atoms with Crippen LogP contribution in [0.25, 0.3) is 0 Å². The normalized spacial score (nSPS) is 13.9. The molecule has 0 aromatic heterocycles. The Hall–Kier alpha value is -0.790. The van der Waals surface area contributed by atoms with E-state index >= 15 is 0 Å². The lowest BCUT2D eigenvalue weighted by Crippen LogP contribution is -2.02. The van der Waals surface area contributed by atoms with Crippen LogP contribution >= 0.6 is 0 Å². The van der Waals surface area contributed by atoms with Crippen LogP contribution in [0.1, 0.15) is 174 Å². The molecule has 0 aromatic carbocycles. The van der Waals surface area contributed by atoms with Gasteiger partial charge in [0.2, 0.25) is 6.17 Å². The Morgan fingerprint density at radius 2 is 0.788 bits per heavy atom. The van der Waals surface area contributed by atoms with Gasteiger partial charge in [0.15, 0.2) is 12.4 Å². The molecule has 1 aliphatic heterocycles. The molecule has 0 saturated carbocycles. The van der Waals surface area contributed by atoms with E-state index in [1.807, 2.05) is 12.4 Å². The minimum atomic E-state index is 0.962. The smallest absolute Gasteiger partial charge is 0.0968 e. The summed E-state index contributed by atoms with van der Waals surface area (Å²) in [5, 5.41) is 0. The van der Waals surface area contributed by atoms with Crippen molar-refractivity contribution < 1.29 is 0 Å². The van der Waals surface area contributed by atoms with Crippen molar-refractivity contribution in [2.75, 3.05) is 0 Å². The summed E-state index contributed by atoms with van der Waals surface area (Å²) in [6.07, 6.45) is 40.3. The van der Waals surface area contributed by atoms with Crippen LogP contribution in [0.15, 0.2) is 9.98 Å². The predicted octanol–water partition coefficient (Wildman–Crippen LogP) is 11.0. The van der Waals surface area contributed by atoms with Crippen LogP contribution < -0.4 is 0 Å². The summed E-state index contributed by atoms with van der Waals surface area (Å²) in [6.45, 7) is 4.63. The molecule has 0 bridgehead atoms. The van der Waals surface area contributed by atoms with Gasteiger partial charge in [0, 0.05) is 0 Å². The summed E-state index contributed by atoms with van der Waals surface area (Å²) in [7, 11) is 0. The third-order valence-electron chi connectivity index (χ3n) is 7.46. The first-order valence-electron chi connectivity index (χ1n) is 15.3. The number of aliphatic imine (C=N–C) groups is 2. The summed E-state index contributed by atoms with van der Waals surface area (Å²) in [4.78, 5) is 8.61. The van der Waals surface area contributed by atoms with Gasteiger partial charge in [-0.3, -0.25) is 0 Å². The van der Waals surface area contributed by atoms with Crippen molar-refractivity contribution in [2.45, 2.75) is 174 Å². The molecule has 0 fully saturated rings. The first kappa shape index (κ1) is 30.2. The molecule has 33 heavy (non-hydrogen) atoms. The fourth-order valence-corrected chi connectivity index (χ4v) is 5.21. The number of unbranched alkanes of at least 4 members (excludes halogenated alkanes) is 18. The Balaban J connectivity index is 1.89. The topological polar surface area (TPSA) is 24.7 Å². The second-order valence-electron chi connectivity index (χ2n) is 10.7. The van der Waals surface area contributed by atoms with Crippen LogP contribution in [0.5, 0.6) is 0 Å². The highest BCUT2D eigenvalue weighted by Gasteiger charge is 2.15. The van der Waals surface area contributed by atoms with E-state index < -0.39 is 0 Å². The molecule has 0 saturated heterocycles. The molecule has 0 aliphatic carbocycles. The summed E-state index contributed by atoms with van der Waals surface area (Å²) in [6, 6.07) is 0. The average Bonchev–Trinajstić information content (AvgIpc) is 3.35. The Bertz CT molecular complexity index is 430. The van der Waals surface area contributed by atoms with Gasteiger partial charge >= 0.3 is 0 Å². The maximum Gasteiger partial charge on any atom is 0.240 e. The predicted molar refractivity (Wildman–Crippen MR) is 150 cm³/mol. The molecule has 2 heteroatoms. The van der Waals surface area contributed by atoms with Crippen LogP contribution in [0.3, 0.4) is 0 Å². The van der Waals surface area contributed by atoms with E-state index in [2.05, 4.69) is 23.8 Å². The minimum Gasteiger partial charge on any atom is -0.0968 e. The third kappa shape index (κ3) is 20.3. The third-order valence-corrected chi connectivity index (χ3v) is 7.46. The van der Waals surface area contributed by atoms with Gasteiger partial charge in [0.1, 0.15) is 0 Å². The van der Waals surface area contributed by atoms with Crippen molar-refractivity contribution >= 4 is 12.4 Å². The maximum absolute atomic E-state index is 4.31. The van der Waals surface area contributed by atoms with E-state index in [-0.39, 0.29) is 0 Å². The number of hydrogen-bond acceptors (Lipinski definition) is 2. The zero-order valence-corrected chi connectivity index (χ0v) is 22.8. The van der Waals surface area contributed by atoms with Gasteiger partial charge in [-0.05, 0) is 12.3 Å². The Morgan fingerprint density at radius 3 is 1.24 bits per heavy atom. The van der Waals surface area contributed by atoms with E-state index in [9.17, 15) is 0 Å². The lowest BCUT2D eigenvalue weighted by atomic mass is 9.90. The summed E-state index contributed by atoms with van der Waals surface area (Å²) >= 11 is 0. The molecule has 1 heterocycles. The van der Waals surface area contributed by atoms with Crippen LogP contribution in [-0.2, 0) is 0 Å². The van der Waals surface area contributed by atoms with Crippen molar-refractivity contribution in [2.24, 2.45) is 15.9 Å². The minimum absolute atomic E-state index is 0.962.